The van der Waals surface area contributed by atoms with Crippen LogP contribution in [0.3, 0.4) is 0 Å². The van der Waals surface area contributed by atoms with Crippen LogP contribution in [0.4, 0.5) is 5.69 Å². The molecule has 0 saturated carbocycles. The zero-order chi connectivity index (χ0) is 19.9. The standard InChI is InChI=1S/C18H26NO6P/c1-6-13(3)24-26(23,25-14(4)7-2)18(15(5)20)12-16-9-8-10-17(11-16)19(21)22/h8-14H,6-7H2,1-5H3. The molecular weight excluding hydrogens is 357 g/mol. The van der Waals surface area contributed by atoms with Crippen LogP contribution in [-0.2, 0) is 18.4 Å². The Morgan fingerprint density at radius 1 is 1.23 bits per heavy atom. The van der Waals surface area contributed by atoms with Gasteiger partial charge in [0.1, 0.15) is 5.31 Å². The minimum atomic E-state index is -3.89. The number of carbonyl (C=O) groups is 1. The van der Waals surface area contributed by atoms with Gasteiger partial charge in [-0.3, -0.25) is 19.5 Å². The fraction of sp³-hybridized carbons (Fsp3) is 0.500. The molecule has 2 atom stereocenters. The van der Waals surface area contributed by atoms with Gasteiger partial charge in [0.25, 0.3) is 5.69 Å². The van der Waals surface area contributed by atoms with Gasteiger partial charge in [-0.1, -0.05) is 26.0 Å². The molecule has 0 bridgehead atoms. The SMILES string of the molecule is CCC(C)OP(=O)(OC(C)CC)C(=Cc1cccc([N+](=O)[O-])c1)C(C)=O. The molecule has 26 heavy (non-hydrogen) atoms. The molecule has 0 radical (unpaired) electrons. The van der Waals surface area contributed by atoms with Crippen molar-refractivity contribution in [2.45, 2.75) is 59.7 Å². The van der Waals surface area contributed by atoms with Crippen LogP contribution < -0.4 is 0 Å². The summed E-state index contributed by atoms with van der Waals surface area (Å²) in [4.78, 5) is 22.6. The molecule has 1 aromatic carbocycles. The van der Waals surface area contributed by atoms with E-state index in [4.69, 9.17) is 9.05 Å². The first kappa shape index (κ1) is 22.2. The maximum Gasteiger partial charge on any atom is 0.365 e. The van der Waals surface area contributed by atoms with Crippen LogP contribution in [0.5, 0.6) is 0 Å². The van der Waals surface area contributed by atoms with E-state index in [2.05, 4.69) is 0 Å². The van der Waals surface area contributed by atoms with Crippen molar-refractivity contribution in [3.8, 4) is 0 Å². The fourth-order valence-corrected chi connectivity index (χ4v) is 4.24. The van der Waals surface area contributed by atoms with Crippen LogP contribution in [-0.4, -0.2) is 22.9 Å². The number of benzene rings is 1. The van der Waals surface area contributed by atoms with E-state index in [0.29, 0.717) is 18.4 Å². The van der Waals surface area contributed by atoms with Crippen molar-refractivity contribution >= 4 is 25.1 Å². The number of nitro groups is 1. The number of allylic oxidation sites excluding steroid dienone is 1. The Balaban J connectivity index is 3.43. The lowest BCUT2D eigenvalue weighted by atomic mass is 10.2. The number of ketones is 1. The number of hydrogen-bond donors (Lipinski definition) is 0. The van der Waals surface area contributed by atoms with E-state index < -0.39 is 18.3 Å². The molecule has 0 saturated heterocycles. The first-order valence-electron chi connectivity index (χ1n) is 8.57. The molecule has 0 fully saturated rings. The average molecular weight is 383 g/mol. The molecule has 1 aromatic rings. The number of carbonyl (C=O) groups excluding carboxylic acids is 1. The summed E-state index contributed by atoms with van der Waals surface area (Å²) in [5, 5.41) is 10.8. The van der Waals surface area contributed by atoms with E-state index in [-0.39, 0.29) is 23.2 Å². The number of Topliss-reactive ketones (excluding diaryl/α,β-unsaturated/α-hetero) is 1. The second-order valence-corrected chi connectivity index (χ2v) is 7.98. The fourth-order valence-electron chi connectivity index (χ4n) is 2.02. The van der Waals surface area contributed by atoms with Gasteiger partial charge in [0.2, 0.25) is 0 Å². The van der Waals surface area contributed by atoms with Crippen molar-refractivity contribution in [3.05, 3.63) is 45.3 Å². The molecule has 0 spiro atoms. The second-order valence-electron chi connectivity index (χ2n) is 6.08. The Labute approximate surface area is 154 Å². The summed E-state index contributed by atoms with van der Waals surface area (Å²) >= 11 is 0. The van der Waals surface area contributed by atoms with Crippen LogP contribution in [0.2, 0.25) is 0 Å². The van der Waals surface area contributed by atoms with E-state index in [1.54, 1.807) is 19.9 Å². The highest BCUT2D eigenvalue weighted by Crippen LogP contribution is 2.59. The Morgan fingerprint density at radius 2 is 1.77 bits per heavy atom. The van der Waals surface area contributed by atoms with Crippen LogP contribution in [0.15, 0.2) is 29.6 Å². The van der Waals surface area contributed by atoms with Gasteiger partial charge in [0, 0.05) is 12.1 Å². The van der Waals surface area contributed by atoms with E-state index in [1.807, 2.05) is 13.8 Å². The number of hydrogen-bond acceptors (Lipinski definition) is 6. The molecule has 0 heterocycles. The molecule has 0 N–H and O–H groups in total. The minimum absolute atomic E-state index is 0.112. The zero-order valence-corrected chi connectivity index (χ0v) is 16.7. The lowest BCUT2D eigenvalue weighted by Gasteiger charge is -2.25. The van der Waals surface area contributed by atoms with Crippen molar-refractivity contribution in [3.63, 3.8) is 0 Å². The van der Waals surface area contributed by atoms with Gasteiger partial charge >= 0.3 is 7.60 Å². The highest BCUT2D eigenvalue weighted by Gasteiger charge is 2.36. The molecule has 8 heteroatoms. The van der Waals surface area contributed by atoms with Crippen molar-refractivity contribution in [2.24, 2.45) is 0 Å². The molecule has 0 aromatic heterocycles. The maximum atomic E-state index is 13.4. The Morgan fingerprint density at radius 3 is 2.19 bits per heavy atom. The number of non-ortho nitro benzene ring substituents is 1. The van der Waals surface area contributed by atoms with Crippen LogP contribution >= 0.6 is 7.60 Å². The van der Waals surface area contributed by atoms with Gasteiger partial charge in [-0.25, -0.2) is 0 Å². The smallest absolute Gasteiger partial charge is 0.302 e. The molecule has 1 rings (SSSR count). The highest BCUT2D eigenvalue weighted by molar-refractivity contribution is 7.60. The van der Waals surface area contributed by atoms with Gasteiger partial charge in [-0.05, 0) is 45.3 Å². The summed E-state index contributed by atoms with van der Waals surface area (Å²) in [7, 11) is -3.89. The van der Waals surface area contributed by atoms with Gasteiger partial charge in [-0.15, -0.1) is 0 Å². The van der Waals surface area contributed by atoms with Crippen LogP contribution in [0.1, 0.15) is 53.0 Å². The quantitative estimate of drug-likeness (QED) is 0.234. The number of nitrogens with zero attached hydrogens (tertiary/aromatic N) is 1. The molecule has 144 valence electrons. The number of nitro benzene ring substituents is 1. The summed E-state index contributed by atoms with van der Waals surface area (Å²) in [5.74, 6) is -0.466. The molecule has 0 aliphatic carbocycles. The van der Waals surface area contributed by atoms with Gasteiger partial charge in [0.15, 0.2) is 5.78 Å². The third-order valence-electron chi connectivity index (χ3n) is 3.83. The first-order chi connectivity index (χ1) is 12.1. The molecule has 0 aliphatic rings. The first-order valence-corrected chi connectivity index (χ1v) is 10.1. The monoisotopic (exact) mass is 383 g/mol. The highest BCUT2D eigenvalue weighted by atomic mass is 31.2. The van der Waals surface area contributed by atoms with E-state index in [0.717, 1.165) is 0 Å². The lowest BCUT2D eigenvalue weighted by Crippen LogP contribution is -2.15. The molecular formula is C18H26NO6P. The number of rotatable bonds is 10. The van der Waals surface area contributed by atoms with Crippen molar-refractivity contribution in [2.75, 3.05) is 0 Å². The largest absolute Gasteiger partial charge is 0.365 e. The predicted octanol–water partition coefficient (Wildman–Crippen LogP) is 5.35. The summed E-state index contributed by atoms with van der Waals surface area (Å²) in [6.45, 7) is 8.51. The summed E-state index contributed by atoms with van der Waals surface area (Å²) in [6, 6.07) is 5.74. The molecule has 7 nitrogen and oxygen atoms in total. The zero-order valence-electron chi connectivity index (χ0n) is 15.8. The molecule has 0 aliphatic heterocycles. The van der Waals surface area contributed by atoms with Crippen LogP contribution in [0.25, 0.3) is 6.08 Å². The summed E-state index contributed by atoms with van der Waals surface area (Å²) < 4.78 is 24.7. The van der Waals surface area contributed by atoms with E-state index >= 15 is 0 Å². The summed E-state index contributed by atoms with van der Waals surface area (Å²) in [5.41, 5.74) is 0.257. The third kappa shape index (κ3) is 6.16. The van der Waals surface area contributed by atoms with Crippen molar-refractivity contribution in [1.29, 1.82) is 0 Å². The van der Waals surface area contributed by atoms with E-state index in [9.17, 15) is 19.5 Å². The molecule has 2 unspecified atom stereocenters. The van der Waals surface area contributed by atoms with Crippen LogP contribution in [0, 0.1) is 10.1 Å². The Kier molecular flexibility index (Phi) is 8.34. The Bertz CT molecular complexity index is 714. The lowest BCUT2D eigenvalue weighted by molar-refractivity contribution is -0.384. The topological polar surface area (TPSA) is 95.7 Å². The average Bonchev–Trinajstić information content (AvgIpc) is 2.59. The van der Waals surface area contributed by atoms with Crippen molar-refractivity contribution < 1.29 is 23.3 Å². The Hall–Kier alpha value is -1.82. The van der Waals surface area contributed by atoms with Gasteiger partial charge < -0.3 is 9.05 Å². The molecule has 0 amide bonds. The normalized spacial score (nSPS) is 16.6. The van der Waals surface area contributed by atoms with Gasteiger partial charge in [0.05, 0.1) is 17.1 Å². The van der Waals surface area contributed by atoms with E-state index in [1.165, 1.54) is 31.2 Å². The minimum Gasteiger partial charge on any atom is -0.302 e. The second kappa shape index (κ2) is 9.76. The summed E-state index contributed by atoms with van der Waals surface area (Å²) in [6.07, 6.45) is 1.78. The third-order valence-corrected chi connectivity index (χ3v) is 6.14. The van der Waals surface area contributed by atoms with Crippen molar-refractivity contribution in [1.82, 2.24) is 0 Å². The van der Waals surface area contributed by atoms with Gasteiger partial charge in [-0.2, -0.15) is 0 Å². The maximum absolute atomic E-state index is 13.4. The predicted molar refractivity (Wildman–Crippen MR) is 101 cm³/mol.